The molecule has 2 aromatic rings. The Labute approximate surface area is 169 Å². The van der Waals surface area contributed by atoms with Crippen molar-refractivity contribution < 1.29 is 9.00 Å². The second-order valence-electron chi connectivity index (χ2n) is 7.36. The van der Waals surface area contributed by atoms with E-state index in [9.17, 15) is 9.00 Å². The Morgan fingerprint density at radius 3 is 2.59 bits per heavy atom. The molecule has 27 heavy (non-hydrogen) atoms. The number of amides is 1. The van der Waals surface area contributed by atoms with E-state index in [1.54, 1.807) is 0 Å². The van der Waals surface area contributed by atoms with Crippen LogP contribution in [0, 0.1) is 11.3 Å². The minimum absolute atomic E-state index is 0. The van der Waals surface area contributed by atoms with Crippen molar-refractivity contribution in [1.82, 2.24) is 5.32 Å². The molecule has 0 radical (unpaired) electrons. The van der Waals surface area contributed by atoms with Gasteiger partial charge in [-0.1, -0.05) is 30.3 Å². The highest BCUT2D eigenvalue weighted by Crippen LogP contribution is 2.58. The van der Waals surface area contributed by atoms with E-state index in [4.69, 9.17) is 0 Å². The fourth-order valence-electron chi connectivity index (χ4n) is 3.97. The van der Waals surface area contributed by atoms with Crippen LogP contribution in [-0.2, 0) is 21.3 Å². The van der Waals surface area contributed by atoms with Gasteiger partial charge < -0.3 is 10.6 Å². The van der Waals surface area contributed by atoms with Crippen molar-refractivity contribution in [3.05, 3.63) is 60.2 Å². The van der Waals surface area contributed by atoms with Gasteiger partial charge in [0.05, 0.1) is 16.6 Å². The quantitative estimate of drug-likeness (QED) is 0.798. The second-order valence-corrected chi connectivity index (χ2v) is 8.81. The molecule has 6 heteroatoms. The molecule has 4 rings (SSSR count). The Kier molecular flexibility index (Phi) is 6.35. The Bertz CT molecular complexity index is 822. The average Bonchev–Trinajstić information content (AvgIpc) is 3.36. The molecule has 1 heterocycles. The summed E-state index contributed by atoms with van der Waals surface area (Å²) < 4.78 is 12.5. The maximum absolute atomic E-state index is 12.6. The molecule has 1 saturated carbocycles. The van der Waals surface area contributed by atoms with Gasteiger partial charge in [-0.2, -0.15) is 0 Å². The lowest BCUT2D eigenvalue weighted by Crippen LogP contribution is -2.31. The lowest BCUT2D eigenvalue weighted by atomic mass is 9.92. The molecule has 4 nitrogen and oxygen atoms in total. The topological polar surface area (TPSA) is 58.2 Å². The van der Waals surface area contributed by atoms with Gasteiger partial charge >= 0.3 is 0 Å². The van der Waals surface area contributed by atoms with Crippen molar-refractivity contribution in [3.8, 4) is 0 Å². The smallest absolute Gasteiger partial charge is 0.228 e. The molecule has 2 N–H and O–H groups in total. The van der Waals surface area contributed by atoms with E-state index in [0.717, 1.165) is 48.5 Å². The Balaban J connectivity index is 0.00000210. The zero-order chi connectivity index (χ0) is 18.0. The summed E-state index contributed by atoms with van der Waals surface area (Å²) in [6.07, 6.45) is 3.21. The van der Waals surface area contributed by atoms with Crippen molar-refractivity contribution in [1.29, 1.82) is 0 Å². The molecule has 2 unspecified atom stereocenters. The number of carbonyl (C=O) groups is 1. The summed E-state index contributed by atoms with van der Waals surface area (Å²) in [7, 11) is -1.08. The van der Waals surface area contributed by atoms with Gasteiger partial charge in [0.15, 0.2) is 0 Å². The van der Waals surface area contributed by atoms with Gasteiger partial charge in [-0.25, -0.2) is 0 Å². The number of halogens is 1. The highest BCUT2D eigenvalue weighted by atomic mass is 35.5. The molecule has 2 aromatic carbocycles. The third-order valence-electron chi connectivity index (χ3n) is 5.60. The summed E-state index contributed by atoms with van der Waals surface area (Å²) in [5.74, 6) is 0.729. The SMILES string of the molecule is Cl.O=C(Nc1cccc(CS(=O)c2ccccc2)c1)C1CC12CCNCC2. The summed E-state index contributed by atoms with van der Waals surface area (Å²) in [6, 6.07) is 17.2. The van der Waals surface area contributed by atoms with Gasteiger partial charge in [0, 0.05) is 16.5 Å². The molecule has 0 aromatic heterocycles. The molecule has 2 aliphatic rings. The number of anilines is 1. The third kappa shape index (κ3) is 4.60. The van der Waals surface area contributed by atoms with E-state index in [1.807, 2.05) is 54.6 Å². The highest BCUT2D eigenvalue weighted by Gasteiger charge is 2.57. The van der Waals surface area contributed by atoms with Crippen molar-refractivity contribution >= 4 is 34.8 Å². The summed E-state index contributed by atoms with van der Waals surface area (Å²) in [5.41, 5.74) is 2.01. The highest BCUT2D eigenvalue weighted by molar-refractivity contribution is 7.84. The molecule has 1 amide bonds. The predicted octanol–water partition coefficient (Wildman–Crippen LogP) is 3.74. The molecule has 1 spiro atoms. The molecule has 1 aliphatic carbocycles. The number of rotatable bonds is 5. The van der Waals surface area contributed by atoms with Crippen LogP contribution in [0.3, 0.4) is 0 Å². The number of carbonyl (C=O) groups excluding carboxylic acids is 1. The van der Waals surface area contributed by atoms with Gasteiger partial charge in [0.2, 0.25) is 5.91 Å². The molecule has 144 valence electrons. The molecular formula is C21H25ClN2O2S. The van der Waals surface area contributed by atoms with Crippen LogP contribution in [0.5, 0.6) is 0 Å². The Hall–Kier alpha value is -1.69. The van der Waals surface area contributed by atoms with Crippen molar-refractivity contribution in [2.24, 2.45) is 11.3 Å². The minimum atomic E-state index is -1.08. The van der Waals surface area contributed by atoms with E-state index in [0.29, 0.717) is 5.75 Å². The van der Waals surface area contributed by atoms with Crippen LogP contribution >= 0.6 is 12.4 Å². The number of hydrogen-bond donors (Lipinski definition) is 2. The lowest BCUT2D eigenvalue weighted by molar-refractivity contribution is -0.118. The van der Waals surface area contributed by atoms with Gasteiger partial charge in [-0.3, -0.25) is 9.00 Å². The van der Waals surface area contributed by atoms with E-state index in [-0.39, 0.29) is 29.6 Å². The van der Waals surface area contributed by atoms with Crippen LogP contribution in [0.4, 0.5) is 5.69 Å². The average molecular weight is 405 g/mol. The van der Waals surface area contributed by atoms with E-state index >= 15 is 0 Å². The van der Waals surface area contributed by atoms with Crippen molar-refractivity contribution in [2.75, 3.05) is 18.4 Å². The van der Waals surface area contributed by atoms with Crippen LogP contribution in [0.1, 0.15) is 24.8 Å². The van der Waals surface area contributed by atoms with Crippen LogP contribution < -0.4 is 10.6 Å². The Morgan fingerprint density at radius 2 is 1.85 bits per heavy atom. The van der Waals surface area contributed by atoms with Gasteiger partial charge in [0.25, 0.3) is 0 Å². The number of benzene rings is 2. The van der Waals surface area contributed by atoms with Gasteiger partial charge in [-0.05, 0) is 67.6 Å². The molecule has 2 atom stereocenters. The second kappa shape index (κ2) is 8.55. The lowest BCUT2D eigenvalue weighted by Gasteiger charge is -2.23. The van der Waals surface area contributed by atoms with Crippen LogP contribution in [0.15, 0.2) is 59.5 Å². The van der Waals surface area contributed by atoms with Crippen LogP contribution in [0.25, 0.3) is 0 Å². The summed E-state index contributed by atoms with van der Waals surface area (Å²) in [6.45, 7) is 2.04. The van der Waals surface area contributed by atoms with Crippen molar-refractivity contribution in [2.45, 2.75) is 29.9 Å². The van der Waals surface area contributed by atoms with Crippen LogP contribution in [-0.4, -0.2) is 23.2 Å². The summed E-state index contributed by atoms with van der Waals surface area (Å²) in [4.78, 5) is 13.4. The van der Waals surface area contributed by atoms with Gasteiger partial charge in [-0.15, -0.1) is 12.4 Å². The first-order valence-electron chi connectivity index (χ1n) is 9.20. The standard InChI is InChI=1S/C21H24N2O2S.ClH/c24-20(19-14-21(19)9-11-22-12-10-21)23-17-6-4-5-16(13-17)15-26(25)18-7-2-1-3-8-18;/h1-8,13,19,22H,9-12,14-15H2,(H,23,24);1H. The maximum Gasteiger partial charge on any atom is 0.228 e. The first-order chi connectivity index (χ1) is 12.7. The first kappa shape index (κ1) is 20.1. The summed E-state index contributed by atoms with van der Waals surface area (Å²) >= 11 is 0. The van der Waals surface area contributed by atoms with E-state index < -0.39 is 10.8 Å². The monoisotopic (exact) mass is 404 g/mol. The first-order valence-corrected chi connectivity index (χ1v) is 10.5. The number of piperidine rings is 1. The zero-order valence-corrected chi connectivity index (χ0v) is 16.8. The van der Waals surface area contributed by atoms with E-state index in [1.165, 1.54) is 0 Å². The minimum Gasteiger partial charge on any atom is -0.326 e. The maximum atomic E-state index is 12.6. The number of nitrogens with one attached hydrogen (secondary N) is 2. The molecular weight excluding hydrogens is 380 g/mol. The third-order valence-corrected chi connectivity index (χ3v) is 7.00. The number of hydrogen-bond acceptors (Lipinski definition) is 3. The zero-order valence-electron chi connectivity index (χ0n) is 15.1. The fraction of sp³-hybridized carbons (Fsp3) is 0.381. The van der Waals surface area contributed by atoms with Crippen LogP contribution in [0.2, 0.25) is 0 Å². The largest absolute Gasteiger partial charge is 0.326 e. The van der Waals surface area contributed by atoms with Crippen molar-refractivity contribution in [3.63, 3.8) is 0 Å². The molecule has 1 aliphatic heterocycles. The molecule has 2 fully saturated rings. The predicted molar refractivity (Wildman–Crippen MR) is 112 cm³/mol. The Morgan fingerprint density at radius 1 is 1.11 bits per heavy atom. The van der Waals surface area contributed by atoms with E-state index in [2.05, 4.69) is 10.6 Å². The summed E-state index contributed by atoms with van der Waals surface area (Å²) in [5, 5.41) is 6.44. The fourth-order valence-corrected chi connectivity index (χ4v) is 5.08. The molecule has 1 saturated heterocycles. The van der Waals surface area contributed by atoms with Gasteiger partial charge in [0.1, 0.15) is 0 Å². The molecule has 0 bridgehead atoms. The normalized spacial score (nSPS) is 21.1.